The average Bonchev–Trinajstić information content (AvgIpc) is 3.50. The van der Waals surface area contributed by atoms with Crippen molar-refractivity contribution in [2.45, 2.75) is 19.4 Å². The molecule has 9 nitrogen and oxygen atoms in total. The molecule has 2 aliphatic heterocycles. The van der Waals surface area contributed by atoms with Gasteiger partial charge in [-0.3, -0.25) is 19.9 Å². The lowest BCUT2D eigenvalue weighted by Gasteiger charge is -2.32. The predicted octanol–water partition coefficient (Wildman–Crippen LogP) is 3.46. The van der Waals surface area contributed by atoms with Crippen LogP contribution < -0.4 is 15.5 Å². The van der Waals surface area contributed by atoms with Crippen LogP contribution in [0.5, 0.6) is 0 Å². The molecule has 0 spiro atoms. The van der Waals surface area contributed by atoms with Crippen LogP contribution in [0.25, 0.3) is 17.3 Å². The van der Waals surface area contributed by atoms with E-state index in [-0.39, 0.29) is 11.1 Å². The van der Waals surface area contributed by atoms with Gasteiger partial charge in [-0.15, -0.1) is 0 Å². The summed E-state index contributed by atoms with van der Waals surface area (Å²) in [5.74, 6) is 0.839. The van der Waals surface area contributed by atoms with Crippen molar-refractivity contribution in [1.29, 1.82) is 0 Å². The number of nitrogens with one attached hydrogen (secondary N) is 2. The van der Waals surface area contributed by atoms with Crippen molar-refractivity contribution in [2.24, 2.45) is 5.92 Å². The number of thioether (sulfide) groups is 1. The SMILES string of the molecule is O=C1NC(=O)/C(=C\c2ccnc(N3CCC(CNCc4cccc(-c5ccoc5)n4)CC3)n2)S1. The van der Waals surface area contributed by atoms with Crippen LogP contribution in [-0.2, 0) is 11.3 Å². The van der Waals surface area contributed by atoms with Crippen molar-refractivity contribution in [2.75, 3.05) is 24.5 Å². The fourth-order valence-electron chi connectivity index (χ4n) is 4.04. The van der Waals surface area contributed by atoms with Crippen LogP contribution in [0.4, 0.5) is 10.7 Å². The van der Waals surface area contributed by atoms with Crippen molar-refractivity contribution in [1.82, 2.24) is 25.6 Å². The molecule has 2 N–H and O–H groups in total. The topological polar surface area (TPSA) is 113 Å². The number of anilines is 1. The second-order valence-electron chi connectivity index (χ2n) is 8.22. The Morgan fingerprint density at radius 3 is 2.82 bits per heavy atom. The van der Waals surface area contributed by atoms with E-state index in [1.54, 1.807) is 30.9 Å². The van der Waals surface area contributed by atoms with Crippen LogP contribution in [0, 0.1) is 5.92 Å². The lowest BCUT2D eigenvalue weighted by molar-refractivity contribution is -0.115. The number of furan rings is 1. The van der Waals surface area contributed by atoms with E-state index in [0.29, 0.717) is 22.5 Å². The van der Waals surface area contributed by atoms with Crippen molar-refractivity contribution in [3.8, 4) is 11.3 Å². The quantitative estimate of drug-likeness (QED) is 0.495. The highest BCUT2D eigenvalue weighted by atomic mass is 32.2. The molecular weight excluding hydrogens is 452 g/mol. The first kappa shape index (κ1) is 22.3. The minimum atomic E-state index is -0.383. The molecule has 3 aromatic heterocycles. The lowest BCUT2D eigenvalue weighted by atomic mass is 9.97. The Kier molecular flexibility index (Phi) is 6.68. The second kappa shape index (κ2) is 10.2. The van der Waals surface area contributed by atoms with Crippen molar-refractivity contribution >= 4 is 34.9 Å². The van der Waals surface area contributed by atoms with Crippen LogP contribution in [0.15, 0.2) is 58.4 Å². The van der Waals surface area contributed by atoms with Crippen molar-refractivity contribution in [3.05, 3.63) is 65.3 Å². The molecule has 3 aromatic rings. The van der Waals surface area contributed by atoms with E-state index in [4.69, 9.17) is 9.40 Å². The minimum Gasteiger partial charge on any atom is -0.472 e. The van der Waals surface area contributed by atoms with Crippen LogP contribution in [-0.4, -0.2) is 45.7 Å². The monoisotopic (exact) mass is 476 g/mol. The van der Waals surface area contributed by atoms with E-state index in [2.05, 4.69) is 25.5 Å². The summed E-state index contributed by atoms with van der Waals surface area (Å²) in [6.45, 7) is 3.39. The third-order valence-corrected chi connectivity index (χ3v) is 6.66. The first-order valence-electron chi connectivity index (χ1n) is 11.2. The van der Waals surface area contributed by atoms with E-state index in [0.717, 1.165) is 67.7 Å². The highest BCUT2D eigenvalue weighted by molar-refractivity contribution is 8.18. The summed E-state index contributed by atoms with van der Waals surface area (Å²) in [6.07, 6.45) is 8.75. The van der Waals surface area contributed by atoms with Crippen LogP contribution in [0.1, 0.15) is 24.2 Å². The molecule has 10 heteroatoms. The van der Waals surface area contributed by atoms with Gasteiger partial charge in [0.05, 0.1) is 34.5 Å². The van der Waals surface area contributed by atoms with Gasteiger partial charge in [0, 0.05) is 31.4 Å². The molecule has 5 heterocycles. The smallest absolute Gasteiger partial charge is 0.290 e. The molecular formula is C24H24N6O3S. The van der Waals surface area contributed by atoms with E-state index in [1.807, 2.05) is 24.3 Å². The zero-order valence-corrected chi connectivity index (χ0v) is 19.3. The minimum absolute atomic E-state index is 0.351. The molecule has 5 rings (SSSR count). The summed E-state index contributed by atoms with van der Waals surface area (Å²) < 4.78 is 5.15. The maximum atomic E-state index is 11.8. The Labute approximate surface area is 201 Å². The van der Waals surface area contributed by atoms with Gasteiger partial charge in [0.25, 0.3) is 11.1 Å². The summed E-state index contributed by atoms with van der Waals surface area (Å²) in [6, 6.07) is 9.68. The normalized spacial score (nSPS) is 18.0. The molecule has 2 saturated heterocycles. The third kappa shape index (κ3) is 5.35. The van der Waals surface area contributed by atoms with Gasteiger partial charge in [-0.1, -0.05) is 6.07 Å². The summed E-state index contributed by atoms with van der Waals surface area (Å²) in [7, 11) is 0. The predicted molar refractivity (Wildman–Crippen MR) is 130 cm³/mol. The summed E-state index contributed by atoms with van der Waals surface area (Å²) in [5.41, 5.74) is 3.52. The van der Waals surface area contributed by atoms with E-state index in [1.165, 1.54) is 0 Å². The Morgan fingerprint density at radius 1 is 1.18 bits per heavy atom. The first-order chi connectivity index (χ1) is 16.6. The standard InChI is InChI=1S/C24H24N6O3S/c31-22-21(34-24(32)29-22)12-18-4-8-26-23(28-18)30-9-5-16(6-10-30)13-25-14-19-2-1-3-20(27-19)17-7-11-33-15-17/h1-4,7-8,11-12,15-16,25H,5-6,9-10,13-14H2,(H,29,31,32)/b21-12+. The Hall–Kier alpha value is -3.50. The molecule has 0 saturated carbocycles. The Balaban J connectivity index is 1.11. The average molecular weight is 477 g/mol. The van der Waals surface area contributed by atoms with Gasteiger partial charge in [-0.2, -0.15) is 0 Å². The molecule has 2 fully saturated rings. The zero-order valence-electron chi connectivity index (χ0n) is 18.4. The molecule has 2 amide bonds. The number of carbonyl (C=O) groups is 2. The zero-order chi connectivity index (χ0) is 23.3. The highest BCUT2D eigenvalue weighted by Gasteiger charge is 2.25. The number of rotatable bonds is 7. The van der Waals surface area contributed by atoms with Crippen molar-refractivity contribution in [3.63, 3.8) is 0 Å². The van der Waals surface area contributed by atoms with Gasteiger partial charge in [0.1, 0.15) is 0 Å². The lowest BCUT2D eigenvalue weighted by Crippen LogP contribution is -2.38. The molecule has 0 bridgehead atoms. The summed E-state index contributed by atoms with van der Waals surface area (Å²) >= 11 is 0.888. The van der Waals surface area contributed by atoms with Gasteiger partial charge in [0.2, 0.25) is 5.95 Å². The van der Waals surface area contributed by atoms with Crippen LogP contribution in [0.3, 0.4) is 0 Å². The number of hydrogen-bond donors (Lipinski definition) is 2. The maximum absolute atomic E-state index is 11.8. The second-order valence-corrected chi connectivity index (χ2v) is 9.24. The number of pyridine rings is 1. The van der Waals surface area contributed by atoms with Crippen molar-refractivity contribution < 1.29 is 14.0 Å². The summed E-state index contributed by atoms with van der Waals surface area (Å²) in [4.78, 5) is 39.3. The van der Waals surface area contributed by atoms with Gasteiger partial charge in [-0.05, 0) is 67.4 Å². The third-order valence-electron chi connectivity index (χ3n) is 5.85. The molecule has 2 aliphatic rings. The number of aromatic nitrogens is 3. The maximum Gasteiger partial charge on any atom is 0.290 e. The van der Waals surface area contributed by atoms with Crippen LogP contribution in [0.2, 0.25) is 0 Å². The summed E-state index contributed by atoms with van der Waals surface area (Å²) in [5, 5.41) is 5.44. The molecule has 34 heavy (non-hydrogen) atoms. The molecule has 0 atom stereocenters. The van der Waals surface area contributed by atoms with E-state index < -0.39 is 0 Å². The molecule has 0 unspecified atom stereocenters. The Morgan fingerprint density at radius 2 is 2.06 bits per heavy atom. The highest BCUT2D eigenvalue weighted by Crippen LogP contribution is 2.26. The molecule has 0 aliphatic carbocycles. The van der Waals surface area contributed by atoms with Gasteiger partial charge < -0.3 is 14.6 Å². The first-order valence-corrected chi connectivity index (χ1v) is 12.0. The largest absolute Gasteiger partial charge is 0.472 e. The number of hydrogen-bond acceptors (Lipinski definition) is 9. The number of amides is 2. The number of nitrogens with zero attached hydrogens (tertiary/aromatic N) is 4. The fraction of sp³-hybridized carbons (Fsp3) is 0.292. The number of carbonyl (C=O) groups excluding carboxylic acids is 2. The van der Waals surface area contributed by atoms with Gasteiger partial charge in [-0.25, -0.2) is 9.97 Å². The number of imide groups is 1. The molecule has 0 radical (unpaired) electrons. The van der Waals surface area contributed by atoms with Gasteiger partial charge >= 0.3 is 0 Å². The van der Waals surface area contributed by atoms with E-state index >= 15 is 0 Å². The van der Waals surface area contributed by atoms with E-state index in [9.17, 15) is 9.59 Å². The van der Waals surface area contributed by atoms with Gasteiger partial charge in [0.15, 0.2) is 0 Å². The Bertz CT molecular complexity index is 1200. The number of piperidine rings is 1. The fourth-order valence-corrected chi connectivity index (χ4v) is 4.71. The molecule has 174 valence electrons. The molecule has 0 aromatic carbocycles. The van der Waals surface area contributed by atoms with Crippen LogP contribution >= 0.6 is 11.8 Å².